The van der Waals surface area contributed by atoms with E-state index in [0.29, 0.717) is 18.9 Å². The summed E-state index contributed by atoms with van der Waals surface area (Å²) in [5.41, 5.74) is 0.747. The van der Waals surface area contributed by atoms with Crippen molar-refractivity contribution in [2.24, 2.45) is 0 Å². The number of aromatic nitrogens is 3. The highest BCUT2D eigenvalue weighted by molar-refractivity contribution is 7.92. The standard InChI is InChI=1S/C11H13N5O3S/c1-16-4-5-19-10-3-2-8(6-9(10)16)20(17,18)15-11-12-7-13-14-11/h2-3,6-7H,4-5H2,1H3,(H2,12,13,14,15). The average Bonchev–Trinajstić information content (AvgIpc) is 2.91. The van der Waals surface area contributed by atoms with Crippen LogP contribution in [0.25, 0.3) is 0 Å². The van der Waals surface area contributed by atoms with E-state index in [4.69, 9.17) is 4.74 Å². The largest absolute Gasteiger partial charge is 0.490 e. The molecule has 0 radical (unpaired) electrons. The molecule has 3 rings (SSSR count). The van der Waals surface area contributed by atoms with Crippen LogP contribution in [0.3, 0.4) is 0 Å². The van der Waals surface area contributed by atoms with Gasteiger partial charge in [0.05, 0.1) is 17.1 Å². The fraction of sp³-hybridized carbons (Fsp3) is 0.273. The third-order valence-corrected chi connectivity index (χ3v) is 4.32. The van der Waals surface area contributed by atoms with Crippen molar-refractivity contribution in [1.29, 1.82) is 0 Å². The fourth-order valence-electron chi connectivity index (χ4n) is 1.94. The molecule has 0 amide bonds. The number of hydrogen-bond donors (Lipinski definition) is 2. The molecule has 8 nitrogen and oxygen atoms in total. The molecule has 1 aromatic heterocycles. The van der Waals surface area contributed by atoms with Crippen molar-refractivity contribution >= 4 is 21.7 Å². The van der Waals surface area contributed by atoms with Crippen molar-refractivity contribution in [3.05, 3.63) is 24.5 Å². The third-order valence-electron chi connectivity index (χ3n) is 2.98. The average molecular weight is 295 g/mol. The Balaban J connectivity index is 1.96. The van der Waals surface area contributed by atoms with Crippen LogP contribution in [-0.2, 0) is 10.0 Å². The molecule has 9 heteroatoms. The van der Waals surface area contributed by atoms with Crippen LogP contribution in [0.15, 0.2) is 29.4 Å². The van der Waals surface area contributed by atoms with Crippen molar-refractivity contribution in [3.8, 4) is 5.75 Å². The molecular formula is C11H13N5O3S. The molecule has 0 aliphatic carbocycles. The molecule has 2 N–H and O–H groups in total. The first-order valence-electron chi connectivity index (χ1n) is 5.92. The van der Waals surface area contributed by atoms with Crippen LogP contribution in [0.4, 0.5) is 11.6 Å². The molecule has 0 saturated heterocycles. The zero-order valence-corrected chi connectivity index (χ0v) is 11.5. The number of nitrogens with zero attached hydrogens (tertiary/aromatic N) is 3. The van der Waals surface area contributed by atoms with Crippen LogP contribution in [0.1, 0.15) is 0 Å². The fourth-order valence-corrected chi connectivity index (χ4v) is 2.92. The minimum absolute atomic E-state index is 0.0762. The molecule has 2 heterocycles. The number of ether oxygens (including phenoxy) is 1. The van der Waals surface area contributed by atoms with E-state index in [-0.39, 0.29) is 10.8 Å². The number of benzene rings is 1. The lowest BCUT2D eigenvalue weighted by molar-refractivity contribution is 0.311. The predicted molar refractivity (Wildman–Crippen MR) is 72.4 cm³/mol. The van der Waals surface area contributed by atoms with E-state index in [1.54, 1.807) is 12.1 Å². The molecule has 0 fully saturated rings. The van der Waals surface area contributed by atoms with Gasteiger partial charge in [0.2, 0.25) is 5.95 Å². The molecule has 1 aliphatic rings. The summed E-state index contributed by atoms with van der Waals surface area (Å²) in [7, 11) is -1.82. The Hall–Kier alpha value is -2.29. The van der Waals surface area contributed by atoms with Crippen molar-refractivity contribution in [2.45, 2.75) is 4.90 Å². The Morgan fingerprint density at radius 3 is 3.05 bits per heavy atom. The van der Waals surface area contributed by atoms with Crippen molar-refractivity contribution in [1.82, 2.24) is 15.2 Å². The van der Waals surface area contributed by atoms with Gasteiger partial charge in [0.25, 0.3) is 10.0 Å². The minimum atomic E-state index is -3.71. The van der Waals surface area contributed by atoms with Gasteiger partial charge in [0.1, 0.15) is 18.7 Å². The van der Waals surface area contributed by atoms with Gasteiger partial charge in [-0.05, 0) is 18.2 Å². The Labute approximate surface area is 115 Å². The summed E-state index contributed by atoms with van der Waals surface area (Å²) >= 11 is 0. The highest BCUT2D eigenvalue weighted by Gasteiger charge is 2.21. The smallest absolute Gasteiger partial charge is 0.264 e. The number of H-pyrrole nitrogens is 1. The quantitative estimate of drug-likeness (QED) is 0.852. The second-order valence-corrected chi connectivity index (χ2v) is 6.02. The molecule has 106 valence electrons. The first kappa shape index (κ1) is 12.7. The molecule has 0 saturated carbocycles. The number of sulfonamides is 1. The summed E-state index contributed by atoms with van der Waals surface area (Å²) in [6.07, 6.45) is 1.23. The van der Waals surface area contributed by atoms with Crippen LogP contribution in [0, 0.1) is 0 Å². The number of anilines is 2. The van der Waals surface area contributed by atoms with E-state index in [1.165, 1.54) is 12.4 Å². The van der Waals surface area contributed by atoms with Gasteiger partial charge in [-0.1, -0.05) is 0 Å². The Kier molecular flexibility index (Phi) is 2.97. The van der Waals surface area contributed by atoms with Crippen molar-refractivity contribution in [3.63, 3.8) is 0 Å². The lowest BCUT2D eigenvalue weighted by Crippen LogP contribution is -2.29. The minimum Gasteiger partial charge on any atom is -0.490 e. The zero-order chi connectivity index (χ0) is 14.2. The maximum atomic E-state index is 12.2. The molecule has 1 aliphatic heterocycles. The van der Waals surface area contributed by atoms with Gasteiger partial charge < -0.3 is 9.64 Å². The van der Waals surface area contributed by atoms with Crippen LogP contribution >= 0.6 is 0 Å². The lowest BCUT2D eigenvalue weighted by Gasteiger charge is -2.27. The van der Waals surface area contributed by atoms with E-state index in [9.17, 15) is 8.42 Å². The molecule has 0 unspecified atom stereocenters. The summed E-state index contributed by atoms with van der Waals surface area (Å²) in [5, 5.41) is 6.04. The summed E-state index contributed by atoms with van der Waals surface area (Å²) in [5.74, 6) is 0.754. The zero-order valence-electron chi connectivity index (χ0n) is 10.7. The maximum absolute atomic E-state index is 12.2. The van der Waals surface area contributed by atoms with Gasteiger partial charge in [0, 0.05) is 7.05 Å². The van der Waals surface area contributed by atoms with Crippen LogP contribution < -0.4 is 14.4 Å². The molecular weight excluding hydrogens is 282 g/mol. The van der Waals surface area contributed by atoms with Gasteiger partial charge in [0.15, 0.2) is 0 Å². The molecule has 2 aromatic rings. The van der Waals surface area contributed by atoms with Gasteiger partial charge in [-0.25, -0.2) is 18.2 Å². The first-order chi connectivity index (χ1) is 9.56. The van der Waals surface area contributed by atoms with Gasteiger partial charge in [-0.2, -0.15) is 10.1 Å². The summed E-state index contributed by atoms with van der Waals surface area (Å²) in [6, 6.07) is 4.73. The normalized spacial score (nSPS) is 14.6. The predicted octanol–water partition coefficient (Wildman–Crippen LogP) is 0.434. The Morgan fingerprint density at radius 1 is 1.45 bits per heavy atom. The van der Waals surface area contributed by atoms with Crippen LogP contribution in [-0.4, -0.2) is 43.8 Å². The second-order valence-electron chi connectivity index (χ2n) is 4.34. The van der Waals surface area contributed by atoms with Gasteiger partial charge >= 0.3 is 0 Å². The lowest BCUT2D eigenvalue weighted by atomic mass is 10.2. The van der Waals surface area contributed by atoms with Gasteiger partial charge in [-0.15, -0.1) is 0 Å². The maximum Gasteiger partial charge on any atom is 0.264 e. The van der Waals surface area contributed by atoms with Gasteiger partial charge in [-0.3, -0.25) is 0 Å². The Bertz CT molecular complexity index is 714. The van der Waals surface area contributed by atoms with E-state index >= 15 is 0 Å². The van der Waals surface area contributed by atoms with E-state index in [0.717, 1.165) is 5.69 Å². The summed E-state index contributed by atoms with van der Waals surface area (Å²) < 4.78 is 32.3. The molecule has 1 aromatic carbocycles. The highest BCUT2D eigenvalue weighted by atomic mass is 32.2. The molecule has 0 spiro atoms. The Morgan fingerprint density at radius 2 is 2.30 bits per heavy atom. The highest BCUT2D eigenvalue weighted by Crippen LogP contribution is 2.33. The van der Waals surface area contributed by atoms with Crippen molar-refractivity contribution in [2.75, 3.05) is 29.8 Å². The number of fused-ring (bicyclic) bond motifs is 1. The first-order valence-corrected chi connectivity index (χ1v) is 7.41. The monoisotopic (exact) mass is 295 g/mol. The third kappa shape index (κ3) is 2.27. The number of aromatic amines is 1. The number of likely N-dealkylation sites (N-methyl/N-ethyl adjacent to an activating group) is 1. The second kappa shape index (κ2) is 4.67. The summed E-state index contributed by atoms with van der Waals surface area (Å²) in [6.45, 7) is 1.30. The van der Waals surface area contributed by atoms with E-state index < -0.39 is 10.0 Å². The summed E-state index contributed by atoms with van der Waals surface area (Å²) in [4.78, 5) is 5.83. The van der Waals surface area contributed by atoms with Crippen LogP contribution in [0.2, 0.25) is 0 Å². The van der Waals surface area contributed by atoms with Crippen LogP contribution in [0.5, 0.6) is 5.75 Å². The van der Waals surface area contributed by atoms with Crippen molar-refractivity contribution < 1.29 is 13.2 Å². The van der Waals surface area contributed by atoms with E-state index in [2.05, 4.69) is 19.9 Å². The number of hydrogen-bond acceptors (Lipinski definition) is 6. The molecule has 20 heavy (non-hydrogen) atoms. The van der Waals surface area contributed by atoms with E-state index in [1.807, 2.05) is 11.9 Å². The topological polar surface area (TPSA) is 100 Å². The number of rotatable bonds is 3. The SMILES string of the molecule is CN1CCOc2ccc(S(=O)(=O)Nc3ncn[nH]3)cc21. The molecule has 0 bridgehead atoms. The molecule has 0 atom stereocenters. The number of nitrogens with one attached hydrogen (secondary N) is 2.